The molecule has 0 aromatic carbocycles. The summed E-state index contributed by atoms with van der Waals surface area (Å²) in [6.45, 7) is 3.24. The smallest absolute Gasteiger partial charge is 0.0137 e. The predicted molar refractivity (Wildman–Crippen MR) is 49.7 cm³/mol. The molecule has 0 heterocycles. The Morgan fingerprint density at radius 3 is 2.64 bits per heavy atom. The van der Waals surface area contributed by atoms with Gasteiger partial charge in [0, 0.05) is 12.6 Å². The zero-order valence-corrected chi connectivity index (χ0v) is 7.47. The Kier molecular flexibility index (Phi) is 4.29. The minimum absolute atomic E-state index is 0.816. The van der Waals surface area contributed by atoms with E-state index in [0.717, 1.165) is 19.0 Å². The van der Waals surface area contributed by atoms with Gasteiger partial charge >= 0.3 is 0 Å². The highest BCUT2D eigenvalue weighted by molar-refractivity contribution is 4.85. The molecule has 1 aliphatic carbocycles. The van der Waals surface area contributed by atoms with Gasteiger partial charge in [0.25, 0.3) is 0 Å². The van der Waals surface area contributed by atoms with Gasteiger partial charge in [-0.15, -0.1) is 0 Å². The second kappa shape index (κ2) is 5.36. The Balaban J connectivity index is 1.97. The zero-order chi connectivity index (χ0) is 7.94. The quantitative estimate of drug-likeness (QED) is 0.612. The Hall–Kier alpha value is -0.300. The molecular formula is C10H19N. The van der Waals surface area contributed by atoms with Crippen LogP contribution in [0.5, 0.6) is 0 Å². The molecule has 1 saturated carbocycles. The third-order valence-electron chi connectivity index (χ3n) is 2.28. The van der Waals surface area contributed by atoms with Crippen LogP contribution < -0.4 is 5.32 Å². The second-order valence-electron chi connectivity index (χ2n) is 3.27. The van der Waals surface area contributed by atoms with Gasteiger partial charge in [0.05, 0.1) is 0 Å². The molecule has 0 atom stereocenters. The highest BCUT2D eigenvalue weighted by Gasteiger charge is 2.12. The Bertz CT molecular complexity index is 112. The van der Waals surface area contributed by atoms with E-state index in [1.54, 1.807) is 0 Å². The molecule has 0 saturated heterocycles. The Morgan fingerprint density at radius 2 is 2.00 bits per heavy atom. The average Bonchev–Trinajstić information content (AvgIpc) is 2.50. The molecule has 0 radical (unpaired) electrons. The molecule has 1 N–H and O–H groups in total. The summed E-state index contributed by atoms with van der Waals surface area (Å²) in [4.78, 5) is 0. The molecule has 11 heavy (non-hydrogen) atoms. The van der Waals surface area contributed by atoms with Crippen LogP contribution in [0.3, 0.4) is 0 Å². The van der Waals surface area contributed by atoms with E-state index in [1.165, 1.54) is 25.7 Å². The van der Waals surface area contributed by atoms with Crippen molar-refractivity contribution < 1.29 is 0 Å². The van der Waals surface area contributed by atoms with Crippen LogP contribution in [0.2, 0.25) is 0 Å². The summed E-state index contributed by atoms with van der Waals surface area (Å²) < 4.78 is 0. The molecule has 1 heteroatoms. The molecule has 1 rings (SSSR count). The van der Waals surface area contributed by atoms with Gasteiger partial charge in [-0.25, -0.2) is 0 Å². The molecule has 0 spiro atoms. The van der Waals surface area contributed by atoms with Gasteiger partial charge in [-0.2, -0.15) is 0 Å². The van der Waals surface area contributed by atoms with Crippen LogP contribution in [0.25, 0.3) is 0 Å². The van der Waals surface area contributed by atoms with E-state index in [-0.39, 0.29) is 0 Å². The Morgan fingerprint density at radius 1 is 1.27 bits per heavy atom. The first-order valence-electron chi connectivity index (χ1n) is 4.82. The molecule has 0 bridgehead atoms. The minimum Gasteiger partial charge on any atom is -0.311 e. The normalized spacial score (nSPS) is 20.1. The van der Waals surface area contributed by atoms with Crippen molar-refractivity contribution in [2.24, 2.45) is 0 Å². The van der Waals surface area contributed by atoms with Crippen LogP contribution in [0.4, 0.5) is 0 Å². The van der Waals surface area contributed by atoms with Gasteiger partial charge in [-0.3, -0.25) is 0 Å². The van der Waals surface area contributed by atoms with E-state index >= 15 is 0 Å². The maximum absolute atomic E-state index is 3.53. The molecule has 1 nitrogen and oxygen atoms in total. The topological polar surface area (TPSA) is 12.0 Å². The number of hydrogen-bond donors (Lipinski definition) is 1. The molecule has 0 aliphatic heterocycles. The summed E-state index contributed by atoms with van der Waals surface area (Å²) in [6.07, 6.45) is 11.2. The van der Waals surface area contributed by atoms with Crippen molar-refractivity contribution in [1.82, 2.24) is 5.32 Å². The summed E-state index contributed by atoms with van der Waals surface area (Å²) in [7, 11) is 0. The van der Waals surface area contributed by atoms with E-state index in [0.29, 0.717) is 0 Å². The lowest BCUT2D eigenvalue weighted by molar-refractivity contribution is 0.556. The van der Waals surface area contributed by atoms with Gasteiger partial charge in [0.2, 0.25) is 0 Å². The summed E-state index contributed by atoms with van der Waals surface area (Å²) in [5.41, 5.74) is 0. The lowest BCUT2D eigenvalue weighted by atomic mass is 10.2. The summed E-state index contributed by atoms with van der Waals surface area (Å²) in [5.74, 6) is 0. The van der Waals surface area contributed by atoms with E-state index in [9.17, 15) is 0 Å². The van der Waals surface area contributed by atoms with E-state index < -0.39 is 0 Å². The van der Waals surface area contributed by atoms with Crippen LogP contribution in [0.1, 0.15) is 39.0 Å². The lowest BCUT2D eigenvalue weighted by Gasteiger charge is -2.08. The molecule has 1 fully saturated rings. The molecule has 0 aromatic rings. The number of rotatable bonds is 4. The summed E-state index contributed by atoms with van der Waals surface area (Å²) >= 11 is 0. The van der Waals surface area contributed by atoms with Gasteiger partial charge in [0.1, 0.15) is 0 Å². The standard InChI is InChI=1S/C10H19N/c1-2-3-6-9-11-10-7-4-5-8-10/h3,6,10-11H,2,4-5,7-9H2,1H3/b6-3+. The number of nitrogens with one attached hydrogen (secondary N) is 1. The fourth-order valence-electron chi connectivity index (χ4n) is 1.61. The minimum atomic E-state index is 0.816. The lowest BCUT2D eigenvalue weighted by Crippen LogP contribution is -2.25. The SMILES string of the molecule is CC/C=C/CNC1CCCC1. The number of hydrogen-bond acceptors (Lipinski definition) is 1. The predicted octanol–water partition coefficient (Wildman–Crippen LogP) is 2.48. The Labute approximate surface area is 69.9 Å². The highest BCUT2D eigenvalue weighted by Crippen LogP contribution is 2.17. The van der Waals surface area contributed by atoms with Crippen LogP contribution in [0.15, 0.2) is 12.2 Å². The van der Waals surface area contributed by atoms with Crippen LogP contribution in [0, 0.1) is 0 Å². The first kappa shape index (κ1) is 8.79. The fraction of sp³-hybridized carbons (Fsp3) is 0.800. The third kappa shape index (κ3) is 3.57. The molecular weight excluding hydrogens is 134 g/mol. The van der Waals surface area contributed by atoms with Crippen molar-refractivity contribution in [3.05, 3.63) is 12.2 Å². The molecule has 0 unspecified atom stereocenters. The molecule has 0 amide bonds. The fourth-order valence-corrected chi connectivity index (χ4v) is 1.61. The van der Waals surface area contributed by atoms with Crippen LogP contribution >= 0.6 is 0 Å². The van der Waals surface area contributed by atoms with Crippen molar-refractivity contribution in [2.75, 3.05) is 6.54 Å². The average molecular weight is 153 g/mol. The van der Waals surface area contributed by atoms with Crippen molar-refractivity contribution in [3.63, 3.8) is 0 Å². The van der Waals surface area contributed by atoms with Gasteiger partial charge in [-0.05, 0) is 19.3 Å². The van der Waals surface area contributed by atoms with Gasteiger partial charge in [-0.1, -0.05) is 31.9 Å². The van der Waals surface area contributed by atoms with E-state index in [1.807, 2.05) is 0 Å². The van der Waals surface area contributed by atoms with Gasteiger partial charge in [0.15, 0.2) is 0 Å². The first-order chi connectivity index (χ1) is 5.43. The van der Waals surface area contributed by atoms with Crippen molar-refractivity contribution >= 4 is 0 Å². The molecule has 1 aliphatic rings. The largest absolute Gasteiger partial charge is 0.311 e. The summed E-state index contributed by atoms with van der Waals surface area (Å²) in [6, 6.07) is 0.816. The zero-order valence-electron chi connectivity index (χ0n) is 7.47. The molecule has 64 valence electrons. The van der Waals surface area contributed by atoms with E-state index in [2.05, 4.69) is 24.4 Å². The molecule has 0 aromatic heterocycles. The third-order valence-corrected chi connectivity index (χ3v) is 2.28. The van der Waals surface area contributed by atoms with Crippen molar-refractivity contribution in [1.29, 1.82) is 0 Å². The maximum atomic E-state index is 3.53. The van der Waals surface area contributed by atoms with E-state index in [4.69, 9.17) is 0 Å². The highest BCUT2D eigenvalue weighted by atomic mass is 14.9. The first-order valence-corrected chi connectivity index (χ1v) is 4.82. The van der Waals surface area contributed by atoms with Crippen molar-refractivity contribution in [2.45, 2.75) is 45.1 Å². The monoisotopic (exact) mass is 153 g/mol. The van der Waals surface area contributed by atoms with Crippen molar-refractivity contribution in [3.8, 4) is 0 Å². The maximum Gasteiger partial charge on any atom is 0.0137 e. The van der Waals surface area contributed by atoms with Gasteiger partial charge < -0.3 is 5.32 Å². The second-order valence-corrected chi connectivity index (χ2v) is 3.27. The summed E-state index contributed by atoms with van der Waals surface area (Å²) in [5, 5.41) is 3.53. The number of allylic oxidation sites excluding steroid dienone is 1. The van der Waals surface area contributed by atoms with Crippen LogP contribution in [-0.4, -0.2) is 12.6 Å². The van der Waals surface area contributed by atoms with Crippen LogP contribution in [-0.2, 0) is 0 Å².